The molecule has 0 unspecified atom stereocenters. The van der Waals surface area contributed by atoms with E-state index in [1.165, 1.54) is 0 Å². The van der Waals surface area contributed by atoms with E-state index in [1.54, 1.807) is 0 Å². The lowest BCUT2D eigenvalue weighted by molar-refractivity contribution is -0.121. The third-order valence-corrected chi connectivity index (χ3v) is 5.98. The highest BCUT2D eigenvalue weighted by Gasteiger charge is 2.42. The Bertz CT molecular complexity index is 523. The predicted molar refractivity (Wildman–Crippen MR) is 103 cm³/mol. The first-order chi connectivity index (χ1) is 13.6. The van der Waals surface area contributed by atoms with E-state index in [0.717, 1.165) is 25.0 Å². The molecule has 0 spiro atoms. The number of urea groups is 1. The van der Waals surface area contributed by atoms with Gasteiger partial charge in [-0.2, -0.15) is 11.8 Å². The van der Waals surface area contributed by atoms with Crippen LogP contribution >= 0.6 is 11.8 Å². The number of thioether (sulfide) groups is 1. The molecule has 0 aromatic rings. The van der Waals surface area contributed by atoms with Crippen molar-refractivity contribution >= 4 is 29.9 Å². The van der Waals surface area contributed by atoms with Crippen molar-refractivity contribution < 1.29 is 33.7 Å². The molecule has 2 fully saturated rings. The Labute approximate surface area is 168 Å². The van der Waals surface area contributed by atoms with Crippen LogP contribution in [0.1, 0.15) is 25.7 Å². The van der Waals surface area contributed by atoms with Gasteiger partial charge in [-0.15, -0.1) is 0 Å². The molecule has 10 nitrogen and oxygen atoms in total. The van der Waals surface area contributed by atoms with E-state index >= 15 is 0 Å². The van der Waals surface area contributed by atoms with Gasteiger partial charge in [0.25, 0.3) is 0 Å². The summed E-state index contributed by atoms with van der Waals surface area (Å²) >= 11 is 1.89. The molecule has 2 heterocycles. The van der Waals surface area contributed by atoms with Crippen LogP contribution in [0.5, 0.6) is 0 Å². The number of rotatable bonds is 14. The van der Waals surface area contributed by atoms with Crippen LogP contribution in [-0.4, -0.2) is 85.9 Å². The molecule has 0 saturated carbocycles. The van der Waals surface area contributed by atoms with Crippen molar-refractivity contribution in [2.75, 3.05) is 45.3 Å². The minimum atomic E-state index is -1.32. The zero-order valence-electron chi connectivity index (χ0n) is 15.8. The molecule has 0 bridgehead atoms. The fraction of sp³-hybridized carbons (Fsp3) is 0.824. The maximum Gasteiger partial charge on any atom is 0.505 e. The van der Waals surface area contributed by atoms with Gasteiger partial charge in [0.2, 0.25) is 5.91 Å². The number of hydrogen-bond donors (Lipinski definition) is 4. The lowest BCUT2D eigenvalue weighted by Gasteiger charge is -2.16. The summed E-state index contributed by atoms with van der Waals surface area (Å²) in [5, 5.41) is 17.4. The van der Waals surface area contributed by atoms with Crippen LogP contribution in [0.25, 0.3) is 0 Å². The molecule has 3 atom stereocenters. The lowest BCUT2D eigenvalue weighted by Crippen LogP contribution is -2.36. The second-order valence-electron chi connectivity index (χ2n) is 6.56. The summed E-state index contributed by atoms with van der Waals surface area (Å²) in [5.74, 6) is 0.967. The average Bonchev–Trinajstić information content (AvgIpc) is 3.19. The number of carbonyl (C=O) groups excluding carboxylic acids is 2. The fourth-order valence-electron chi connectivity index (χ4n) is 3.13. The van der Waals surface area contributed by atoms with Crippen molar-refractivity contribution in [3.63, 3.8) is 0 Å². The van der Waals surface area contributed by atoms with Crippen LogP contribution in [0.3, 0.4) is 0 Å². The third-order valence-electron chi connectivity index (χ3n) is 4.47. The van der Waals surface area contributed by atoms with Crippen LogP contribution in [0, 0.1) is 0 Å². The van der Waals surface area contributed by atoms with Gasteiger partial charge < -0.3 is 35.3 Å². The number of hydrogen-bond acceptors (Lipinski definition) is 7. The molecular formula is C17H29N3O7S. The lowest BCUT2D eigenvalue weighted by atomic mass is 10.0. The molecular weight excluding hydrogens is 390 g/mol. The van der Waals surface area contributed by atoms with Gasteiger partial charge in [-0.05, 0) is 12.8 Å². The van der Waals surface area contributed by atoms with Crippen molar-refractivity contribution in [3.8, 4) is 0 Å². The van der Waals surface area contributed by atoms with Crippen molar-refractivity contribution in [2.24, 2.45) is 0 Å². The second-order valence-corrected chi connectivity index (χ2v) is 7.83. The Balaban J connectivity index is 1.36. The van der Waals surface area contributed by atoms with Gasteiger partial charge in [0.1, 0.15) is 6.61 Å². The van der Waals surface area contributed by atoms with E-state index in [0.29, 0.717) is 38.0 Å². The number of nitrogens with one attached hydrogen (secondary N) is 3. The SMILES string of the molecule is O=C(CCCC[C@@H]1SC[C@@H]2NC(=O)N[C@@H]21)NCCOCCOCCOC(=O)O. The number of amides is 3. The Morgan fingerprint density at radius 3 is 2.64 bits per heavy atom. The highest BCUT2D eigenvalue weighted by atomic mass is 32.2. The van der Waals surface area contributed by atoms with Gasteiger partial charge in [-0.25, -0.2) is 9.59 Å². The van der Waals surface area contributed by atoms with Crippen molar-refractivity contribution in [3.05, 3.63) is 0 Å². The van der Waals surface area contributed by atoms with Crippen molar-refractivity contribution in [1.29, 1.82) is 0 Å². The summed E-state index contributed by atoms with van der Waals surface area (Å²) in [5.41, 5.74) is 0. The summed E-state index contributed by atoms with van der Waals surface area (Å²) in [6.07, 6.45) is 1.96. The van der Waals surface area contributed by atoms with Gasteiger partial charge in [0.15, 0.2) is 0 Å². The number of carbonyl (C=O) groups is 3. The first kappa shape index (κ1) is 22.6. The molecule has 0 aromatic heterocycles. The van der Waals surface area contributed by atoms with E-state index in [-0.39, 0.29) is 37.2 Å². The Hall–Kier alpha value is -1.72. The maximum atomic E-state index is 11.8. The zero-order valence-corrected chi connectivity index (χ0v) is 16.6. The Morgan fingerprint density at radius 1 is 1.11 bits per heavy atom. The molecule has 4 N–H and O–H groups in total. The molecule has 28 heavy (non-hydrogen) atoms. The van der Waals surface area contributed by atoms with E-state index in [2.05, 4.69) is 20.7 Å². The number of ether oxygens (including phenoxy) is 3. The molecule has 11 heteroatoms. The second kappa shape index (κ2) is 12.7. The molecule has 2 saturated heterocycles. The molecule has 160 valence electrons. The standard InChI is InChI=1S/C17H29N3O7S/c21-14(18-5-6-25-7-8-26-9-10-27-17(23)24)4-2-1-3-13-15-12(11-28-13)19-16(22)20-15/h12-13,15H,1-11H2,(H,18,21)(H,23,24)(H2,19,20,22)/t12-,13-,15-/m0/s1. The predicted octanol–water partition coefficient (Wildman–Crippen LogP) is 0.556. The smallest absolute Gasteiger partial charge is 0.450 e. The first-order valence-corrected chi connectivity index (χ1v) is 10.6. The molecule has 0 aliphatic carbocycles. The molecule has 0 aromatic carbocycles. The van der Waals surface area contributed by atoms with Gasteiger partial charge in [-0.1, -0.05) is 6.42 Å². The summed E-state index contributed by atoms with van der Waals surface area (Å²) in [4.78, 5) is 33.2. The van der Waals surface area contributed by atoms with Crippen molar-refractivity contribution in [1.82, 2.24) is 16.0 Å². The van der Waals surface area contributed by atoms with Gasteiger partial charge in [0.05, 0.1) is 38.5 Å². The first-order valence-electron chi connectivity index (χ1n) is 9.53. The quantitative estimate of drug-likeness (QED) is 0.182. The largest absolute Gasteiger partial charge is 0.505 e. The van der Waals surface area contributed by atoms with Crippen LogP contribution < -0.4 is 16.0 Å². The minimum absolute atomic E-state index is 0.00239. The summed E-state index contributed by atoms with van der Waals surface area (Å²) < 4.78 is 14.7. The Kier molecular flexibility index (Phi) is 10.2. The third kappa shape index (κ3) is 8.53. The molecule has 2 aliphatic heterocycles. The normalized spacial score (nSPS) is 23.0. The number of carboxylic acid groups (broad SMARTS) is 1. The molecule has 2 aliphatic rings. The zero-order chi connectivity index (χ0) is 20.2. The maximum absolute atomic E-state index is 11.8. The number of fused-ring (bicyclic) bond motifs is 1. The topological polar surface area (TPSA) is 135 Å². The van der Waals surface area contributed by atoms with Gasteiger partial charge in [0, 0.05) is 24.0 Å². The highest BCUT2D eigenvalue weighted by molar-refractivity contribution is 8.00. The number of unbranched alkanes of at least 4 members (excludes halogenated alkanes) is 1. The molecule has 3 amide bonds. The van der Waals surface area contributed by atoms with Crippen LogP contribution in [0.15, 0.2) is 0 Å². The monoisotopic (exact) mass is 419 g/mol. The van der Waals surface area contributed by atoms with Gasteiger partial charge in [-0.3, -0.25) is 4.79 Å². The van der Waals surface area contributed by atoms with Crippen molar-refractivity contribution in [2.45, 2.75) is 43.0 Å². The fourth-order valence-corrected chi connectivity index (χ4v) is 4.68. The van der Waals surface area contributed by atoms with E-state index in [1.807, 2.05) is 11.8 Å². The minimum Gasteiger partial charge on any atom is -0.450 e. The van der Waals surface area contributed by atoms with E-state index in [9.17, 15) is 14.4 Å². The summed E-state index contributed by atoms with van der Waals surface area (Å²) in [7, 11) is 0. The average molecular weight is 420 g/mol. The summed E-state index contributed by atoms with van der Waals surface area (Å²) in [6, 6.07) is 0.395. The van der Waals surface area contributed by atoms with E-state index in [4.69, 9.17) is 14.6 Å². The van der Waals surface area contributed by atoms with Gasteiger partial charge >= 0.3 is 12.2 Å². The van der Waals surface area contributed by atoms with Crippen LogP contribution in [0.2, 0.25) is 0 Å². The van der Waals surface area contributed by atoms with Crippen LogP contribution in [-0.2, 0) is 19.0 Å². The molecule has 0 radical (unpaired) electrons. The highest BCUT2D eigenvalue weighted by Crippen LogP contribution is 2.33. The van der Waals surface area contributed by atoms with E-state index < -0.39 is 6.16 Å². The summed E-state index contributed by atoms with van der Waals surface area (Å²) in [6.45, 7) is 1.74. The Morgan fingerprint density at radius 2 is 1.86 bits per heavy atom. The molecule has 2 rings (SSSR count). The van der Waals surface area contributed by atoms with Crippen LogP contribution in [0.4, 0.5) is 9.59 Å².